The summed E-state index contributed by atoms with van der Waals surface area (Å²) in [5.41, 5.74) is 1.11. The predicted octanol–water partition coefficient (Wildman–Crippen LogP) is 4.14. The van der Waals surface area contributed by atoms with E-state index < -0.39 is 29.2 Å². The van der Waals surface area contributed by atoms with Gasteiger partial charge >= 0.3 is 5.97 Å². The molecule has 3 rings (SSSR count). The number of halogens is 2. The fourth-order valence-electron chi connectivity index (χ4n) is 2.41. The molecule has 0 aliphatic carbocycles. The smallest absolute Gasteiger partial charge is 0.337 e. The average Bonchev–Trinajstić information content (AvgIpc) is 2.71. The molecule has 0 unspecified atom stereocenters. The van der Waals surface area contributed by atoms with Crippen LogP contribution < -0.4 is 10.6 Å². The molecule has 2 aromatic carbocycles. The highest BCUT2D eigenvalue weighted by atomic mass is 19.1. The molecule has 1 amide bonds. The van der Waals surface area contributed by atoms with Crippen LogP contribution in [0.5, 0.6) is 0 Å². The second kappa shape index (κ2) is 8.26. The zero-order chi connectivity index (χ0) is 20.1. The Labute approximate surface area is 159 Å². The first-order valence-corrected chi connectivity index (χ1v) is 8.14. The van der Waals surface area contributed by atoms with Gasteiger partial charge in [-0.3, -0.25) is 9.78 Å². The predicted molar refractivity (Wildman–Crippen MR) is 99.6 cm³/mol. The maximum absolute atomic E-state index is 13.7. The zero-order valence-electron chi connectivity index (χ0n) is 14.7. The van der Waals surface area contributed by atoms with Crippen LogP contribution in [0.3, 0.4) is 0 Å². The van der Waals surface area contributed by atoms with E-state index >= 15 is 0 Å². The molecule has 0 saturated carbocycles. The highest BCUT2D eigenvalue weighted by Crippen LogP contribution is 2.21. The third-order valence-electron chi connectivity index (χ3n) is 3.80. The van der Waals surface area contributed by atoms with Crippen molar-refractivity contribution in [3.05, 3.63) is 83.7 Å². The minimum atomic E-state index is -0.874. The quantitative estimate of drug-likeness (QED) is 0.647. The van der Waals surface area contributed by atoms with Crippen LogP contribution in [0.1, 0.15) is 20.7 Å². The first kappa shape index (κ1) is 19.0. The number of pyridine rings is 1. The van der Waals surface area contributed by atoms with Crippen LogP contribution in [-0.4, -0.2) is 24.0 Å². The molecule has 0 aliphatic heterocycles. The number of para-hydroxylation sites is 1. The maximum Gasteiger partial charge on any atom is 0.337 e. The number of carbonyl (C=O) groups excluding carboxylic acids is 2. The van der Waals surface area contributed by atoms with Gasteiger partial charge in [-0.05, 0) is 42.5 Å². The third kappa shape index (κ3) is 4.29. The van der Waals surface area contributed by atoms with Crippen molar-refractivity contribution in [1.29, 1.82) is 0 Å². The van der Waals surface area contributed by atoms with Crippen molar-refractivity contribution in [2.45, 2.75) is 0 Å². The van der Waals surface area contributed by atoms with Gasteiger partial charge in [0.05, 0.1) is 30.1 Å². The summed E-state index contributed by atoms with van der Waals surface area (Å²) in [5.74, 6) is -2.91. The van der Waals surface area contributed by atoms with E-state index in [0.717, 1.165) is 12.1 Å². The summed E-state index contributed by atoms with van der Waals surface area (Å²) in [4.78, 5) is 27.7. The van der Waals surface area contributed by atoms with E-state index in [1.165, 1.54) is 31.6 Å². The van der Waals surface area contributed by atoms with Crippen molar-refractivity contribution < 1.29 is 23.1 Å². The molecule has 6 nitrogen and oxygen atoms in total. The number of anilines is 3. The van der Waals surface area contributed by atoms with Gasteiger partial charge in [-0.25, -0.2) is 13.6 Å². The summed E-state index contributed by atoms with van der Waals surface area (Å²) in [6.45, 7) is 0. The Hall–Kier alpha value is -3.81. The van der Waals surface area contributed by atoms with Gasteiger partial charge in [-0.15, -0.1) is 0 Å². The second-order valence-corrected chi connectivity index (χ2v) is 5.71. The van der Waals surface area contributed by atoms with Gasteiger partial charge < -0.3 is 15.4 Å². The van der Waals surface area contributed by atoms with Gasteiger partial charge in [-0.1, -0.05) is 6.07 Å². The summed E-state index contributed by atoms with van der Waals surface area (Å²) >= 11 is 0. The van der Waals surface area contributed by atoms with Crippen molar-refractivity contribution in [1.82, 2.24) is 4.98 Å². The number of esters is 1. The summed E-state index contributed by atoms with van der Waals surface area (Å²) in [5, 5.41) is 5.23. The summed E-state index contributed by atoms with van der Waals surface area (Å²) in [7, 11) is 1.30. The Kier molecular flexibility index (Phi) is 5.59. The van der Waals surface area contributed by atoms with E-state index in [2.05, 4.69) is 20.4 Å². The lowest BCUT2D eigenvalue weighted by Gasteiger charge is -2.10. The number of nitrogens with zero attached hydrogens (tertiary/aromatic N) is 1. The van der Waals surface area contributed by atoms with Crippen LogP contribution in [0.4, 0.5) is 25.8 Å². The molecule has 1 aromatic heterocycles. The number of nitrogens with one attached hydrogen (secondary N) is 2. The molecule has 8 heteroatoms. The van der Waals surface area contributed by atoms with Crippen molar-refractivity contribution in [3.8, 4) is 0 Å². The Morgan fingerprint density at radius 2 is 1.61 bits per heavy atom. The maximum atomic E-state index is 13.7. The standard InChI is InChI=1S/C20H15F2N3O3/c1-28-20(27)12-5-7-14(8-6-12)24-15-9-13(10-23-11-15)19(26)25-18-16(21)3-2-4-17(18)22/h2-11,24H,1H3,(H,25,26). The van der Waals surface area contributed by atoms with E-state index in [0.29, 0.717) is 16.9 Å². The van der Waals surface area contributed by atoms with Crippen LogP contribution in [0, 0.1) is 11.6 Å². The van der Waals surface area contributed by atoms with Gasteiger partial charge in [0.25, 0.3) is 5.91 Å². The van der Waals surface area contributed by atoms with Crippen LogP contribution in [-0.2, 0) is 4.74 Å². The molecule has 1 heterocycles. The number of amides is 1. The number of aromatic nitrogens is 1. The van der Waals surface area contributed by atoms with E-state index in [1.54, 1.807) is 24.3 Å². The van der Waals surface area contributed by atoms with E-state index in [1.807, 2.05) is 0 Å². The number of hydrogen-bond acceptors (Lipinski definition) is 5. The molecule has 0 radical (unpaired) electrons. The van der Waals surface area contributed by atoms with E-state index in [9.17, 15) is 18.4 Å². The summed E-state index contributed by atoms with van der Waals surface area (Å²) < 4.78 is 32.0. The molecule has 0 spiro atoms. The van der Waals surface area contributed by atoms with Gasteiger partial charge in [-0.2, -0.15) is 0 Å². The fraction of sp³-hybridized carbons (Fsp3) is 0.0500. The molecule has 3 aromatic rings. The molecule has 0 aliphatic rings. The molecule has 0 fully saturated rings. The molecule has 28 heavy (non-hydrogen) atoms. The van der Waals surface area contributed by atoms with Crippen molar-refractivity contribution in [2.24, 2.45) is 0 Å². The number of rotatable bonds is 5. The van der Waals surface area contributed by atoms with Crippen LogP contribution in [0.2, 0.25) is 0 Å². The van der Waals surface area contributed by atoms with Crippen molar-refractivity contribution >= 4 is 28.9 Å². The van der Waals surface area contributed by atoms with Crippen LogP contribution >= 0.6 is 0 Å². The average molecular weight is 383 g/mol. The van der Waals surface area contributed by atoms with E-state index in [-0.39, 0.29) is 5.56 Å². The van der Waals surface area contributed by atoms with Gasteiger partial charge in [0.15, 0.2) is 0 Å². The minimum Gasteiger partial charge on any atom is -0.465 e. The highest BCUT2D eigenvalue weighted by Gasteiger charge is 2.14. The van der Waals surface area contributed by atoms with Crippen LogP contribution in [0.15, 0.2) is 60.9 Å². The van der Waals surface area contributed by atoms with Crippen LogP contribution in [0.25, 0.3) is 0 Å². The Balaban J connectivity index is 1.75. The van der Waals surface area contributed by atoms with Crippen molar-refractivity contribution in [2.75, 3.05) is 17.7 Å². The van der Waals surface area contributed by atoms with Gasteiger partial charge in [0.1, 0.15) is 17.3 Å². The molecule has 0 bridgehead atoms. The molecule has 0 saturated heterocycles. The normalized spacial score (nSPS) is 10.2. The van der Waals surface area contributed by atoms with Crippen molar-refractivity contribution in [3.63, 3.8) is 0 Å². The molecule has 142 valence electrons. The van der Waals surface area contributed by atoms with Gasteiger partial charge in [0.2, 0.25) is 0 Å². The Morgan fingerprint density at radius 3 is 2.25 bits per heavy atom. The lowest BCUT2D eigenvalue weighted by atomic mass is 10.2. The van der Waals surface area contributed by atoms with E-state index in [4.69, 9.17) is 0 Å². The number of ether oxygens (including phenoxy) is 1. The molecule has 0 atom stereocenters. The molecular weight excluding hydrogens is 368 g/mol. The second-order valence-electron chi connectivity index (χ2n) is 5.71. The summed E-state index contributed by atoms with van der Waals surface area (Å²) in [6, 6.07) is 11.3. The third-order valence-corrected chi connectivity index (χ3v) is 3.80. The Morgan fingerprint density at radius 1 is 0.929 bits per heavy atom. The lowest BCUT2D eigenvalue weighted by molar-refractivity contribution is 0.0600. The number of benzene rings is 2. The Bertz CT molecular complexity index is 1000. The first-order chi connectivity index (χ1) is 13.5. The number of hydrogen-bond donors (Lipinski definition) is 2. The fourth-order valence-corrected chi connectivity index (χ4v) is 2.41. The minimum absolute atomic E-state index is 0.110. The molecule has 2 N–H and O–H groups in total. The topological polar surface area (TPSA) is 80.3 Å². The SMILES string of the molecule is COC(=O)c1ccc(Nc2cncc(C(=O)Nc3c(F)cccc3F)c2)cc1. The first-order valence-electron chi connectivity index (χ1n) is 8.14. The van der Waals surface area contributed by atoms with Gasteiger partial charge in [0, 0.05) is 11.9 Å². The zero-order valence-corrected chi connectivity index (χ0v) is 14.7. The number of methoxy groups -OCH3 is 1. The largest absolute Gasteiger partial charge is 0.465 e. The summed E-state index contributed by atoms with van der Waals surface area (Å²) in [6.07, 6.45) is 2.76. The lowest BCUT2D eigenvalue weighted by Crippen LogP contribution is -2.14. The number of carbonyl (C=O) groups is 2. The molecular formula is C20H15F2N3O3. The highest BCUT2D eigenvalue weighted by molar-refractivity contribution is 6.04. The monoisotopic (exact) mass is 383 g/mol.